The Morgan fingerprint density at radius 1 is 1.50 bits per heavy atom. The van der Waals surface area contributed by atoms with Crippen LogP contribution >= 0.6 is 0 Å². The molecule has 2 heterocycles. The Labute approximate surface area is 101 Å². The molecule has 0 saturated heterocycles. The third-order valence-corrected chi connectivity index (χ3v) is 2.40. The predicted molar refractivity (Wildman–Crippen MR) is 60.2 cm³/mol. The highest BCUT2D eigenvalue weighted by molar-refractivity contribution is 6.01. The largest absolute Gasteiger partial charge is 0.503 e. The zero-order valence-electron chi connectivity index (χ0n) is 9.38. The van der Waals surface area contributed by atoms with Crippen LogP contribution in [-0.4, -0.2) is 33.1 Å². The van der Waals surface area contributed by atoms with Crippen LogP contribution in [0.15, 0.2) is 22.9 Å². The number of carboxylic acid groups (broad SMARTS) is 1. The number of nitrogens with one attached hydrogen (secondary N) is 1. The second kappa shape index (κ2) is 4.36. The van der Waals surface area contributed by atoms with Gasteiger partial charge in [-0.15, -0.1) is 0 Å². The molecular formula is C11H10N2O5. The van der Waals surface area contributed by atoms with E-state index in [1.165, 1.54) is 19.4 Å². The molecule has 2 aromatic rings. The fourth-order valence-corrected chi connectivity index (χ4v) is 1.41. The summed E-state index contributed by atoms with van der Waals surface area (Å²) in [4.78, 5) is 26.1. The molecule has 0 aliphatic heterocycles. The van der Waals surface area contributed by atoms with Crippen LogP contribution < -0.4 is 5.32 Å². The fraction of sp³-hybridized carbons (Fsp3) is 0.182. The molecule has 1 unspecified atom stereocenters. The van der Waals surface area contributed by atoms with Crippen LogP contribution in [0.1, 0.15) is 17.4 Å². The summed E-state index contributed by atoms with van der Waals surface area (Å²) >= 11 is 0. The van der Waals surface area contributed by atoms with Gasteiger partial charge in [-0.05, 0) is 13.0 Å². The number of carbonyl (C=O) groups excluding carboxylic acids is 1. The molecule has 0 aromatic carbocycles. The maximum Gasteiger partial charge on any atom is 0.325 e. The quantitative estimate of drug-likeness (QED) is 0.740. The second-order valence-corrected chi connectivity index (χ2v) is 3.69. The smallest absolute Gasteiger partial charge is 0.325 e. The SMILES string of the molecule is CC(NC(=O)c1ncc2ccoc2c1O)C(=O)O. The molecule has 0 aliphatic rings. The van der Waals surface area contributed by atoms with Crippen molar-refractivity contribution in [2.45, 2.75) is 13.0 Å². The van der Waals surface area contributed by atoms with E-state index < -0.39 is 23.7 Å². The van der Waals surface area contributed by atoms with Crippen molar-refractivity contribution < 1.29 is 24.2 Å². The number of hydrogen-bond donors (Lipinski definition) is 3. The number of amides is 1. The third-order valence-electron chi connectivity index (χ3n) is 2.40. The highest BCUT2D eigenvalue weighted by Gasteiger charge is 2.21. The molecule has 3 N–H and O–H groups in total. The van der Waals surface area contributed by atoms with Crippen molar-refractivity contribution in [2.75, 3.05) is 0 Å². The van der Waals surface area contributed by atoms with Gasteiger partial charge in [0.05, 0.1) is 6.26 Å². The highest BCUT2D eigenvalue weighted by Crippen LogP contribution is 2.27. The zero-order chi connectivity index (χ0) is 13.3. The molecule has 7 heteroatoms. The number of aromatic hydroxyl groups is 1. The van der Waals surface area contributed by atoms with Gasteiger partial charge in [0.15, 0.2) is 17.0 Å². The van der Waals surface area contributed by atoms with Crippen molar-refractivity contribution in [1.29, 1.82) is 0 Å². The minimum Gasteiger partial charge on any atom is -0.503 e. The molecule has 7 nitrogen and oxygen atoms in total. The van der Waals surface area contributed by atoms with Gasteiger partial charge in [-0.3, -0.25) is 9.59 Å². The maximum atomic E-state index is 11.7. The molecule has 1 amide bonds. The average molecular weight is 250 g/mol. The second-order valence-electron chi connectivity index (χ2n) is 3.69. The Morgan fingerprint density at radius 3 is 2.89 bits per heavy atom. The van der Waals surface area contributed by atoms with Crippen LogP contribution in [0.4, 0.5) is 0 Å². The number of pyridine rings is 1. The van der Waals surface area contributed by atoms with Crippen LogP contribution in [0, 0.1) is 0 Å². The van der Waals surface area contributed by atoms with Gasteiger partial charge in [0.2, 0.25) is 0 Å². The first-order chi connectivity index (χ1) is 8.50. The summed E-state index contributed by atoms with van der Waals surface area (Å²) in [5, 5.41) is 21.2. The first-order valence-corrected chi connectivity index (χ1v) is 5.09. The van der Waals surface area contributed by atoms with Crippen molar-refractivity contribution >= 4 is 22.8 Å². The summed E-state index contributed by atoms with van der Waals surface area (Å²) in [6.07, 6.45) is 2.71. The lowest BCUT2D eigenvalue weighted by atomic mass is 10.2. The van der Waals surface area contributed by atoms with Crippen molar-refractivity contribution in [3.8, 4) is 5.75 Å². The molecule has 0 fully saturated rings. The lowest BCUT2D eigenvalue weighted by Gasteiger charge is -2.09. The summed E-state index contributed by atoms with van der Waals surface area (Å²) in [7, 11) is 0. The van der Waals surface area contributed by atoms with Gasteiger partial charge < -0.3 is 19.9 Å². The number of carboxylic acids is 1. The Bertz CT molecular complexity index is 619. The fourth-order valence-electron chi connectivity index (χ4n) is 1.41. The number of fused-ring (bicyclic) bond motifs is 1. The average Bonchev–Trinajstić information content (AvgIpc) is 2.78. The molecule has 0 saturated carbocycles. The van der Waals surface area contributed by atoms with E-state index in [1.54, 1.807) is 6.07 Å². The van der Waals surface area contributed by atoms with Gasteiger partial charge in [0, 0.05) is 11.6 Å². The number of carbonyl (C=O) groups is 2. The van der Waals surface area contributed by atoms with Crippen LogP contribution in [0.25, 0.3) is 11.0 Å². The minimum absolute atomic E-state index is 0.137. The number of aromatic nitrogens is 1. The summed E-state index contributed by atoms with van der Waals surface area (Å²) in [5.74, 6) is -2.37. The van der Waals surface area contributed by atoms with Gasteiger partial charge in [-0.2, -0.15) is 0 Å². The van der Waals surface area contributed by atoms with E-state index >= 15 is 0 Å². The van der Waals surface area contributed by atoms with Gasteiger partial charge in [0.25, 0.3) is 5.91 Å². The zero-order valence-corrected chi connectivity index (χ0v) is 9.38. The van der Waals surface area contributed by atoms with Crippen molar-refractivity contribution in [3.63, 3.8) is 0 Å². The Morgan fingerprint density at radius 2 is 2.22 bits per heavy atom. The molecule has 0 radical (unpaired) electrons. The molecule has 1 atom stereocenters. The predicted octanol–water partition coefficient (Wildman–Crippen LogP) is 0.736. The van der Waals surface area contributed by atoms with Gasteiger partial charge in [-0.1, -0.05) is 0 Å². The third kappa shape index (κ3) is 1.97. The lowest BCUT2D eigenvalue weighted by Crippen LogP contribution is -2.38. The van der Waals surface area contributed by atoms with E-state index in [4.69, 9.17) is 9.52 Å². The van der Waals surface area contributed by atoms with Crippen molar-refractivity contribution in [2.24, 2.45) is 0 Å². The molecule has 0 bridgehead atoms. The molecule has 2 rings (SSSR count). The van der Waals surface area contributed by atoms with Crippen molar-refractivity contribution in [3.05, 3.63) is 24.2 Å². The summed E-state index contributed by atoms with van der Waals surface area (Å²) in [6.45, 7) is 1.31. The first kappa shape index (κ1) is 11.9. The van der Waals surface area contributed by atoms with E-state index in [9.17, 15) is 14.7 Å². The van der Waals surface area contributed by atoms with Crippen LogP contribution in [0.2, 0.25) is 0 Å². The topological polar surface area (TPSA) is 113 Å². The summed E-state index contributed by atoms with van der Waals surface area (Å²) in [5.41, 5.74) is -0.135. The number of furan rings is 1. The Hall–Kier alpha value is -2.57. The number of hydrogen-bond acceptors (Lipinski definition) is 5. The van der Waals surface area contributed by atoms with Gasteiger partial charge in [0.1, 0.15) is 6.04 Å². The maximum absolute atomic E-state index is 11.7. The molecule has 94 valence electrons. The summed E-state index contributed by atoms with van der Waals surface area (Å²) in [6, 6.07) is 0.509. The Kier molecular flexibility index (Phi) is 2.88. The first-order valence-electron chi connectivity index (χ1n) is 5.09. The molecule has 0 aliphatic carbocycles. The summed E-state index contributed by atoms with van der Waals surface area (Å²) < 4.78 is 5.01. The standard InChI is InChI=1S/C11H10N2O5/c1-5(11(16)17)13-10(15)7-8(14)9-6(4-12-7)2-3-18-9/h2-5,14H,1H3,(H,13,15)(H,16,17). The van der Waals surface area contributed by atoms with Crippen LogP contribution in [0.3, 0.4) is 0 Å². The molecule has 2 aromatic heterocycles. The minimum atomic E-state index is -1.18. The highest BCUT2D eigenvalue weighted by atomic mass is 16.4. The van der Waals surface area contributed by atoms with Crippen molar-refractivity contribution in [1.82, 2.24) is 10.3 Å². The van der Waals surface area contributed by atoms with E-state index in [1.807, 2.05) is 0 Å². The Balaban J connectivity index is 2.33. The monoisotopic (exact) mass is 250 g/mol. The number of rotatable bonds is 3. The van der Waals surface area contributed by atoms with E-state index in [-0.39, 0.29) is 11.3 Å². The van der Waals surface area contributed by atoms with Gasteiger partial charge >= 0.3 is 5.97 Å². The lowest BCUT2D eigenvalue weighted by molar-refractivity contribution is -0.138. The molecule has 0 spiro atoms. The van der Waals surface area contributed by atoms with E-state index in [2.05, 4.69) is 10.3 Å². The van der Waals surface area contributed by atoms with Crippen LogP contribution in [-0.2, 0) is 4.79 Å². The molecule has 18 heavy (non-hydrogen) atoms. The number of nitrogens with zero attached hydrogens (tertiary/aromatic N) is 1. The number of aliphatic carboxylic acids is 1. The van der Waals surface area contributed by atoms with E-state index in [0.29, 0.717) is 5.39 Å². The van der Waals surface area contributed by atoms with Gasteiger partial charge in [-0.25, -0.2) is 4.98 Å². The normalized spacial score (nSPS) is 12.3. The molecular weight excluding hydrogens is 240 g/mol. The van der Waals surface area contributed by atoms with Crippen LogP contribution in [0.5, 0.6) is 5.75 Å². The van der Waals surface area contributed by atoms with E-state index in [0.717, 1.165) is 0 Å².